The number of hydrogen-bond donors (Lipinski definition) is 5. The zero-order valence-electron chi connectivity index (χ0n) is 13.5. The van der Waals surface area contributed by atoms with E-state index in [4.69, 9.17) is 23.7 Å². The predicted molar refractivity (Wildman–Crippen MR) is 74.7 cm³/mol. The van der Waals surface area contributed by atoms with Crippen LogP contribution in [0.4, 0.5) is 0 Å². The van der Waals surface area contributed by atoms with Crippen LogP contribution in [-0.2, 0) is 23.7 Å². The van der Waals surface area contributed by atoms with E-state index in [0.29, 0.717) is 6.42 Å². The first-order valence-corrected chi connectivity index (χ1v) is 8.46. The molecule has 0 aromatic rings. The van der Waals surface area contributed by atoms with Crippen molar-refractivity contribution in [2.75, 3.05) is 6.61 Å². The SMILES string of the molecule is C[C@]12O[C@H]1[C@@H]1O[C@H]3C[C@]1(O)[C@@H]2[C@H](O[C@@H]1O[C@H](CO)[C@@H](O)[C@H](O)[C@@H]1O)O3. The van der Waals surface area contributed by atoms with Crippen molar-refractivity contribution in [3.05, 3.63) is 0 Å². The van der Waals surface area contributed by atoms with Crippen molar-refractivity contribution in [3.63, 3.8) is 0 Å². The maximum Gasteiger partial charge on any atom is 0.189 e. The molecule has 0 unspecified atom stereocenters. The molecule has 4 aliphatic heterocycles. The van der Waals surface area contributed by atoms with Gasteiger partial charge in [0.05, 0.1) is 12.5 Å². The minimum atomic E-state index is -1.55. The Hall–Kier alpha value is -0.400. The molecule has 25 heavy (non-hydrogen) atoms. The highest BCUT2D eigenvalue weighted by Crippen LogP contribution is 2.66. The van der Waals surface area contributed by atoms with Crippen LogP contribution >= 0.6 is 0 Å². The highest BCUT2D eigenvalue weighted by molar-refractivity contribution is 5.28. The summed E-state index contributed by atoms with van der Waals surface area (Å²) >= 11 is 0. The third-order valence-corrected chi connectivity index (χ3v) is 6.28. The van der Waals surface area contributed by atoms with Crippen molar-refractivity contribution >= 4 is 0 Å². The van der Waals surface area contributed by atoms with Crippen molar-refractivity contribution in [1.29, 1.82) is 0 Å². The fourth-order valence-corrected chi connectivity index (χ4v) is 4.94. The Morgan fingerprint density at radius 1 is 1.00 bits per heavy atom. The summed E-state index contributed by atoms with van der Waals surface area (Å²) in [6.45, 7) is 1.29. The van der Waals surface area contributed by atoms with Crippen LogP contribution in [0.5, 0.6) is 0 Å². The van der Waals surface area contributed by atoms with Crippen LogP contribution in [0.25, 0.3) is 0 Å². The molecule has 12 atom stereocenters. The molecule has 2 bridgehead atoms. The first-order valence-electron chi connectivity index (χ1n) is 8.46. The predicted octanol–water partition coefficient (Wildman–Crippen LogP) is -3.21. The zero-order valence-corrected chi connectivity index (χ0v) is 13.5. The Balaban J connectivity index is 1.39. The summed E-state index contributed by atoms with van der Waals surface area (Å²) < 4.78 is 28.3. The quantitative estimate of drug-likeness (QED) is 0.325. The summed E-state index contributed by atoms with van der Waals surface area (Å²) in [7, 11) is 0. The van der Waals surface area contributed by atoms with Crippen molar-refractivity contribution in [1.82, 2.24) is 0 Å². The molecule has 0 spiro atoms. The molecular formula is C15H22O10. The average molecular weight is 362 g/mol. The van der Waals surface area contributed by atoms with Crippen LogP contribution in [0.3, 0.4) is 0 Å². The summed E-state index contributed by atoms with van der Waals surface area (Å²) in [5.74, 6) is -0.555. The number of aliphatic hydroxyl groups is 5. The third kappa shape index (κ3) is 2.03. The van der Waals surface area contributed by atoms with E-state index in [1.54, 1.807) is 0 Å². The van der Waals surface area contributed by atoms with Crippen molar-refractivity contribution in [2.45, 2.75) is 80.0 Å². The average Bonchev–Trinajstić information content (AvgIpc) is 3.07. The largest absolute Gasteiger partial charge is 0.394 e. The fourth-order valence-electron chi connectivity index (χ4n) is 4.94. The minimum Gasteiger partial charge on any atom is -0.394 e. The molecule has 142 valence electrons. The summed E-state index contributed by atoms with van der Waals surface area (Å²) in [4.78, 5) is 0. The van der Waals surface area contributed by atoms with Crippen LogP contribution in [-0.4, -0.2) is 98.8 Å². The number of hydrogen-bond acceptors (Lipinski definition) is 10. The highest BCUT2D eigenvalue weighted by atomic mass is 16.8. The van der Waals surface area contributed by atoms with Gasteiger partial charge in [-0.2, -0.15) is 0 Å². The van der Waals surface area contributed by atoms with Crippen LogP contribution in [0.1, 0.15) is 13.3 Å². The molecule has 10 nitrogen and oxygen atoms in total. The van der Waals surface area contributed by atoms with Gasteiger partial charge in [-0.1, -0.05) is 0 Å². The summed E-state index contributed by atoms with van der Waals surface area (Å²) in [6.07, 6.45) is -9.06. The van der Waals surface area contributed by atoms with Gasteiger partial charge >= 0.3 is 0 Å². The lowest BCUT2D eigenvalue weighted by atomic mass is 9.80. The molecule has 10 heteroatoms. The van der Waals surface area contributed by atoms with Gasteiger partial charge in [0.2, 0.25) is 0 Å². The monoisotopic (exact) mass is 362 g/mol. The molecule has 0 aromatic heterocycles. The number of ether oxygens (including phenoxy) is 5. The number of rotatable bonds is 3. The summed E-state index contributed by atoms with van der Waals surface area (Å²) in [6, 6.07) is 0. The Morgan fingerprint density at radius 3 is 2.48 bits per heavy atom. The number of fused-ring (bicyclic) bond motifs is 4. The van der Waals surface area contributed by atoms with E-state index in [1.165, 1.54) is 0 Å². The molecule has 0 amide bonds. The van der Waals surface area contributed by atoms with E-state index < -0.39 is 73.1 Å². The zero-order chi connectivity index (χ0) is 17.7. The fraction of sp³-hybridized carbons (Fsp3) is 1.00. The summed E-state index contributed by atoms with van der Waals surface area (Å²) in [5, 5.41) is 50.2. The molecule has 0 aromatic carbocycles. The standard InChI is InChI=1S/C15H22O10/c1-14-9-13(23-5-2-15(9,20)11(22-5)10(14)25-14)24-12-8(19)7(18)6(17)4(3-16)21-12/h4-13,16-20H,2-3H2,1H3/t4-,5-,6-,7+,8+,9-,10+,11+,12+,13+,14-,15+/m1/s1. The molecule has 5 rings (SSSR count). The second kappa shape index (κ2) is 5.10. The lowest BCUT2D eigenvalue weighted by Crippen LogP contribution is -2.62. The number of aliphatic hydroxyl groups excluding tert-OH is 4. The van der Waals surface area contributed by atoms with Gasteiger partial charge in [0.1, 0.15) is 47.8 Å². The van der Waals surface area contributed by atoms with Crippen molar-refractivity contribution < 1.29 is 49.2 Å². The van der Waals surface area contributed by atoms with Gasteiger partial charge in [0.25, 0.3) is 0 Å². The van der Waals surface area contributed by atoms with Gasteiger partial charge < -0.3 is 49.2 Å². The Kier molecular flexibility index (Phi) is 3.42. The maximum absolute atomic E-state index is 11.0. The van der Waals surface area contributed by atoms with Crippen molar-refractivity contribution in [3.8, 4) is 0 Å². The van der Waals surface area contributed by atoms with E-state index in [2.05, 4.69) is 0 Å². The molecule has 5 aliphatic rings. The van der Waals surface area contributed by atoms with E-state index in [-0.39, 0.29) is 6.10 Å². The van der Waals surface area contributed by atoms with E-state index >= 15 is 0 Å². The van der Waals surface area contributed by atoms with Crippen molar-refractivity contribution in [2.24, 2.45) is 5.92 Å². The van der Waals surface area contributed by atoms with Crippen LogP contribution in [0, 0.1) is 5.92 Å². The molecule has 1 saturated carbocycles. The lowest BCUT2D eigenvalue weighted by molar-refractivity contribution is -0.372. The Labute approximate surface area is 142 Å². The van der Waals surface area contributed by atoms with Gasteiger partial charge in [-0.05, 0) is 6.92 Å². The van der Waals surface area contributed by atoms with E-state index in [0.717, 1.165) is 0 Å². The molecule has 5 N–H and O–H groups in total. The minimum absolute atomic E-state index is 0.239. The normalized spacial score (nSPS) is 65.0. The molecular weight excluding hydrogens is 340 g/mol. The summed E-state index contributed by atoms with van der Waals surface area (Å²) in [5.41, 5.74) is -1.82. The number of epoxide rings is 1. The van der Waals surface area contributed by atoms with Gasteiger partial charge in [-0.3, -0.25) is 0 Å². The lowest BCUT2D eigenvalue weighted by Gasteiger charge is -2.45. The second-order valence-corrected chi connectivity index (χ2v) is 7.72. The Bertz CT molecular complexity index is 573. The first kappa shape index (κ1) is 16.8. The third-order valence-electron chi connectivity index (χ3n) is 6.28. The first-order chi connectivity index (χ1) is 11.8. The Morgan fingerprint density at radius 2 is 1.76 bits per heavy atom. The van der Waals surface area contributed by atoms with Crippen LogP contribution < -0.4 is 0 Å². The van der Waals surface area contributed by atoms with Gasteiger partial charge in [-0.15, -0.1) is 0 Å². The molecule has 0 radical (unpaired) electrons. The van der Waals surface area contributed by atoms with Gasteiger partial charge in [0, 0.05) is 6.42 Å². The topological polar surface area (TPSA) is 151 Å². The molecule has 5 fully saturated rings. The maximum atomic E-state index is 11.0. The second-order valence-electron chi connectivity index (χ2n) is 7.72. The van der Waals surface area contributed by atoms with E-state index in [9.17, 15) is 25.5 Å². The molecule has 4 heterocycles. The highest BCUT2D eigenvalue weighted by Gasteiger charge is 2.83. The molecule has 1 aliphatic carbocycles. The van der Waals surface area contributed by atoms with E-state index in [1.807, 2.05) is 6.92 Å². The molecule has 4 saturated heterocycles. The smallest absolute Gasteiger partial charge is 0.189 e. The van der Waals surface area contributed by atoms with Crippen LogP contribution in [0.2, 0.25) is 0 Å². The van der Waals surface area contributed by atoms with Gasteiger partial charge in [0.15, 0.2) is 18.9 Å². The van der Waals surface area contributed by atoms with Crippen LogP contribution in [0.15, 0.2) is 0 Å². The van der Waals surface area contributed by atoms with Gasteiger partial charge in [-0.25, -0.2) is 0 Å².